The van der Waals surface area contributed by atoms with Gasteiger partial charge in [0.05, 0.1) is 6.10 Å². The quantitative estimate of drug-likeness (QED) is 0.797. The van der Waals surface area contributed by atoms with Crippen LogP contribution >= 0.6 is 0 Å². The molecule has 1 unspecified atom stereocenters. The summed E-state index contributed by atoms with van der Waals surface area (Å²) in [7, 11) is 1.78. The number of aromatic nitrogens is 1. The molecule has 2 rings (SSSR count). The number of rotatable bonds is 7. The van der Waals surface area contributed by atoms with Crippen molar-refractivity contribution in [2.75, 3.05) is 13.6 Å². The second-order valence-corrected chi connectivity index (χ2v) is 5.20. The highest BCUT2D eigenvalue weighted by atomic mass is 16.3. The molecular formula is C14H22N2O2. The lowest BCUT2D eigenvalue weighted by Gasteiger charge is -2.20. The minimum absolute atomic E-state index is 0.127. The van der Waals surface area contributed by atoms with E-state index < -0.39 is 0 Å². The van der Waals surface area contributed by atoms with Crippen LogP contribution in [0.3, 0.4) is 0 Å². The standard InChI is InChI=1S/C14H22N2O2/c1-15(11-13(17)12-6-7-12)14(18)5-4-10-16-8-2-3-9-16/h2-3,8-9,12-13,17H,4-7,10-11H2,1H3. The van der Waals surface area contributed by atoms with E-state index in [1.807, 2.05) is 24.5 Å². The summed E-state index contributed by atoms with van der Waals surface area (Å²) >= 11 is 0. The average molecular weight is 250 g/mol. The van der Waals surface area contributed by atoms with Crippen LogP contribution in [-0.2, 0) is 11.3 Å². The summed E-state index contributed by atoms with van der Waals surface area (Å²) in [4.78, 5) is 13.5. The molecule has 1 fully saturated rings. The first-order valence-corrected chi connectivity index (χ1v) is 6.69. The number of hydrogen-bond acceptors (Lipinski definition) is 2. The van der Waals surface area contributed by atoms with Crippen molar-refractivity contribution >= 4 is 5.91 Å². The molecule has 1 aromatic rings. The maximum Gasteiger partial charge on any atom is 0.222 e. The topological polar surface area (TPSA) is 45.5 Å². The van der Waals surface area contributed by atoms with Crippen LogP contribution in [-0.4, -0.2) is 40.2 Å². The third-order valence-electron chi connectivity index (χ3n) is 3.53. The molecule has 1 aliphatic rings. The Labute approximate surface area is 108 Å². The zero-order chi connectivity index (χ0) is 13.0. The number of carbonyl (C=O) groups is 1. The molecule has 1 atom stereocenters. The zero-order valence-electron chi connectivity index (χ0n) is 11.0. The summed E-state index contributed by atoms with van der Waals surface area (Å²) in [5.74, 6) is 0.557. The molecule has 1 aliphatic carbocycles. The van der Waals surface area contributed by atoms with Crippen molar-refractivity contribution in [1.82, 2.24) is 9.47 Å². The lowest BCUT2D eigenvalue weighted by molar-refractivity contribution is -0.131. The number of aliphatic hydroxyl groups is 1. The van der Waals surface area contributed by atoms with E-state index in [4.69, 9.17) is 0 Å². The molecule has 18 heavy (non-hydrogen) atoms. The smallest absolute Gasteiger partial charge is 0.222 e. The summed E-state index contributed by atoms with van der Waals surface area (Å²) in [5.41, 5.74) is 0. The molecular weight excluding hydrogens is 228 g/mol. The van der Waals surface area contributed by atoms with Crippen LogP contribution in [0.25, 0.3) is 0 Å². The lowest BCUT2D eigenvalue weighted by Crippen LogP contribution is -2.35. The Bertz CT molecular complexity index is 371. The van der Waals surface area contributed by atoms with Crippen LogP contribution < -0.4 is 0 Å². The molecule has 1 saturated carbocycles. The van der Waals surface area contributed by atoms with Gasteiger partial charge in [-0.15, -0.1) is 0 Å². The first-order valence-electron chi connectivity index (χ1n) is 6.69. The molecule has 0 radical (unpaired) electrons. The number of carbonyl (C=O) groups excluding carboxylic acids is 1. The van der Waals surface area contributed by atoms with Crippen molar-refractivity contribution in [1.29, 1.82) is 0 Å². The van der Waals surface area contributed by atoms with Gasteiger partial charge in [0.15, 0.2) is 0 Å². The van der Waals surface area contributed by atoms with Crippen molar-refractivity contribution in [3.05, 3.63) is 24.5 Å². The molecule has 4 heteroatoms. The predicted octanol–water partition coefficient (Wildman–Crippen LogP) is 1.50. The fourth-order valence-corrected chi connectivity index (χ4v) is 2.14. The fraction of sp³-hybridized carbons (Fsp3) is 0.643. The minimum atomic E-state index is -0.330. The summed E-state index contributed by atoms with van der Waals surface area (Å²) in [6.45, 7) is 1.35. The van der Waals surface area contributed by atoms with Gasteiger partial charge in [0.2, 0.25) is 5.91 Å². The second kappa shape index (κ2) is 6.05. The summed E-state index contributed by atoms with van der Waals surface area (Å²) in [6, 6.07) is 3.97. The third-order valence-corrected chi connectivity index (χ3v) is 3.53. The third kappa shape index (κ3) is 3.88. The summed E-state index contributed by atoms with van der Waals surface area (Å²) in [5, 5.41) is 9.79. The van der Waals surface area contributed by atoms with E-state index in [2.05, 4.69) is 4.57 Å². The number of aliphatic hydroxyl groups excluding tert-OH is 1. The van der Waals surface area contributed by atoms with E-state index in [-0.39, 0.29) is 12.0 Å². The molecule has 1 heterocycles. The highest BCUT2D eigenvalue weighted by Crippen LogP contribution is 2.32. The van der Waals surface area contributed by atoms with E-state index in [1.165, 1.54) is 0 Å². The fourth-order valence-electron chi connectivity index (χ4n) is 2.14. The van der Waals surface area contributed by atoms with E-state index in [9.17, 15) is 9.90 Å². The van der Waals surface area contributed by atoms with Gasteiger partial charge in [-0.2, -0.15) is 0 Å². The average Bonchev–Trinajstić information content (AvgIpc) is 3.08. The Morgan fingerprint density at radius 3 is 2.72 bits per heavy atom. The van der Waals surface area contributed by atoms with Crippen LogP contribution in [0, 0.1) is 5.92 Å². The van der Waals surface area contributed by atoms with Gasteiger partial charge in [0.1, 0.15) is 0 Å². The van der Waals surface area contributed by atoms with Gasteiger partial charge in [0, 0.05) is 39.0 Å². The molecule has 4 nitrogen and oxygen atoms in total. The van der Waals surface area contributed by atoms with Crippen LogP contribution in [0.15, 0.2) is 24.5 Å². The van der Waals surface area contributed by atoms with Gasteiger partial charge in [-0.1, -0.05) is 0 Å². The van der Waals surface area contributed by atoms with Gasteiger partial charge in [0.25, 0.3) is 0 Å². The number of hydrogen-bond donors (Lipinski definition) is 1. The van der Waals surface area contributed by atoms with E-state index in [0.29, 0.717) is 18.9 Å². The molecule has 1 N–H and O–H groups in total. The number of amides is 1. The molecule has 0 spiro atoms. The van der Waals surface area contributed by atoms with Crippen LogP contribution in [0.4, 0.5) is 0 Å². The first kappa shape index (κ1) is 13.1. The van der Waals surface area contributed by atoms with Crippen molar-refractivity contribution in [3.8, 4) is 0 Å². The van der Waals surface area contributed by atoms with E-state index >= 15 is 0 Å². The van der Waals surface area contributed by atoms with Gasteiger partial charge >= 0.3 is 0 Å². The molecule has 1 aromatic heterocycles. The number of aryl methyl sites for hydroxylation is 1. The van der Waals surface area contributed by atoms with Crippen molar-refractivity contribution in [2.24, 2.45) is 5.92 Å². The monoisotopic (exact) mass is 250 g/mol. The highest BCUT2D eigenvalue weighted by molar-refractivity contribution is 5.75. The molecule has 0 aromatic carbocycles. The van der Waals surface area contributed by atoms with Gasteiger partial charge in [-0.05, 0) is 37.3 Å². The van der Waals surface area contributed by atoms with Crippen molar-refractivity contribution in [2.45, 2.75) is 38.3 Å². The van der Waals surface area contributed by atoms with Gasteiger partial charge in [-0.3, -0.25) is 4.79 Å². The largest absolute Gasteiger partial charge is 0.391 e. The Kier molecular flexibility index (Phi) is 4.42. The Hall–Kier alpha value is -1.29. The predicted molar refractivity (Wildman–Crippen MR) is 70.0 cm³/mol. The van der Waals surface area contributed by atoms with E-state index in [1.54, 1.807) is 11.9 Å². The second-order valence-electron chi connectivity index (χ2n) is 5.20. The first-order chi connectivity index (χ1) is 8.66. The molecule has 0 bridgehead atoms. The van der Waals surface area contributed by atoms with E-state index in [0.717, 1.165) is 25.8 Å². The maximum atomic E-state index is 11.9. The molecule has 1 amide bonds. The van der Waals surface area contributed by atoms with Crippen molar-refractivity contribution in [3.63, 3.8) is 0 Å². The SMILES string of the molecule is CN(CC(O)C1CC1)C(=O)CCCn1cccc1. The summed E-state index contributed by atoms with van der Waals surface area (Å²) in [6.07, 6.45) is 7.29. The Morgan fingerprint density at radius 1 is 1.44 bits per heavy atom. The van der Waals surface area contributed by atoms with Crippen LogP contribution in [0.1, 0.15) is 25.7 Å². The number of nitrogens with zero attached hydrogens (tertiary/aromatic N) is 2. The number of likely N-dealkylation sites (N-methyl/N-ethyl adjacent to an activating group) is 1. The van der Waals surface area contributed by atoms with Gasteiger partial charge in [-0.25, -0.2) is 0 Å². The normalized spacial score (nSPS) is 16.6. The molecule has 0 aliphatic heterocycles. The van der Waals surface area contributed by atoms with Crippen molar-refractivity contribution < 1.29 is 9.90 Å². The summed E-state index contributed by atoms with van der Waals surface area (Å²) < 4.78 is 2.08. The van der Waals surface area contributed by atoms with Crippen LogP contribution in [0.2, 0.25) is 0 Å². The molecule has 0 saturated heterocycles. The lowest BCUT2D eigenvalue weighted by atomic mass is 10.2. The Morgan fingerprint density at radius 2 is 2.11 bits per heavy atom. The highest BCUT2D eigenvalue weighted by Gasteiger charge is 2.30. The van der Waals surface area contributed by atoms with Gasteiger partial charge < -0.3 is 14.6 Å². The minimum Gasteiger partial charge on any atom is -0.391 e. The maximum absolute atomic E-state index is 11.9. The van der Waals surface area contributed by atoms with Crippen LogP contribution in [0.5, 0.6) is 0 Å². The zero-order valence-corrected chi connectivity index (χ0v) is 11.0. The molecule has 100 valence electrons. The Balaban J connectivity index is 1.63.